The van der Waals surface area contributed by atoms with Crippen molar-refractivity contribution in [3.05, 3.63) is 29.8 Å². The minimum absolute atomic E-state index is 0.118. The molecule has 4 rings (SSSR count). The van der Waals surface area contributed by atoms with Gasteiger partial charge in [0.1, 0.15) is 0 Å². The summed E-state index contributed by atoms with van der Waals surface area (Å²) in [5, 5.41) is 0. The first-order valence-corrected chi connectivity index (χ1v) is 9.63. The summed E-state index contributed by atoms with van der Waals surface area (Å²) in [4.78, 5) is 39.0. The van der Waals surface area contributed by atoms with Crippen molar-refractivity contribution in [2.45, 2.75) is 16.1 Å². The Bertz CT molecular complexity index is 703. The SMILES string of the molecule is COC(=O)c1ccc(N2C(=O)C3C4CC(C(Br)C4Br)C3C2=O)cc1. The molecule has 2 bridgehead atoms. The number of benzene rings is 1. The van der Waals surface area contributed by atoms with Crippen LogP contribution in [0, 0.1) is 23.7 Å². The molecule has 5 nitrogen and oxygen atoms in total. The van der Waals surface area contributed by atoms with Crippen molar-refractivity contribution >= 4 is 55.3 Å². The number of amides is 2. The Hall–Kier alpha value is -1.21. The number of nitrogens with zero attached hydrogens (tertiary/aromatic N) is 1. The van der Waals surface area contributed by atoms with E-state index in [1.165, 1.54) is 12.0 Å². The number of alkyl halides is 2. The minimum Gasteiger partial charge on any atom is -0.465 e. The van der Waals surface area contributed by atoms with Crippen molar-refractivity contribution in [2.75, 3.05) is 12.0 Å². The lowest BCUT2D eigenvalue weighted by Crippen LogP contribution is -2.37. The molecule has 0 N–H and O–H groups in total. The van der Waals surface area contributed by atoms with Gasteiger partial charge in [0.05, 0.1) is 30.2 Å². The van der Waals surface area contributed by atoms with Crippen LogP contribution < -0.4 is 4.90 Å². The van der Waals surface area contributed by atoms with Crippen LogP contribution in [0.3, 0.4) is 0 Å². The Morgan fingerprint density at radius 2 is 1.54 bits per heavy atom. The molecule has 2 saturated carbocycles. The molecular formula is C17H15Br2NO4. The number of imide groups is 1. The van der Waals surface area contributed by atoms with Crippen LogP contribution in [0.4, 0.5) is 5.69 Å². The van der Waals surface area contributed by atoms with Crippen molar-refractivity contribution in [1.82, 2.24) is 0 Å². The topological polar surface area (TPSA) is 63.7 Å². The van der Waals surface area contributed by atoms with Crippen molar-refractivity contribution in [3.8, 4) is 0 Å². The third-order valence-electron chi connectivity index (χ3n) is 5.53. The van der Waals surface area contributed by atoms with E-state index < -0.39 is 5.97 Å². The third-order valence-corrected chi connectivity index (χ3v) is 8.74. The quantitative estimate of drug-likeness (QED) is 0.390. The fourth-order valence-electron chi connectivity index (χ4n) is 4.47. The third kappa shape index (κ3) is 2.07. The number of rotatable bonds is 2. The van der Waals surface area contributed by atoms with Crippen molar-refractivity contribution in [1.29, 1.82) is 0 Å². The van der Waals surface area contributed by atoms with E-state index in [1.807, 2.05) is 0 Å². The highest BCUT2D eigenvalue weighted by molar-refractivity contribution is 9.12. The summed E-state index contributed by atoms with van der Waals surface area (Å²) in [7, 11) is 1.31. The van der Waals surface area contributed by atoms with Gasteiger partial charge in [-0.15, -0.1) is 0 Å². The molecule has 6 atom stereocenters. The maximum atomic E-state index is 12.9. The van der Waals surface area contributed by atoms with Crippen molar-refractivity contribution in [3.63, 3.8) is 0 Å². The number of hydrogen-bond donors (Lipinski definition) is 0. The molecule has 0 spiro atoms. The Balaban J connectivity index is 1.65. The average molecular weight is 457 g/mol. The lowest BCUT2D eigenvalue weighted by Gasteiger charge is -2.28. The van der Waals surface area contributed by atoms with E-state index in [2.05, 4.69) is 36.6 Å². The van der Waals surface area contributed by atoms with Crippen LogP contribution in [0.2, 0.25) is 0 Å². The number of carbonyl (C=O) groups is 3. The molecule has 3 aliphatic rings. The highest BCUT2D eigenvalue weighted by Gasteiger charge is 2.66. The number of anilines is 1. The first kappa shape index (κ1) is 16.3. The van der Waals surface area contributed by atoms with Gasteiger partial charge in [-0.05, 0) is 42.5 Å². The number of carbonyl (C=O) groups excluding carboxylic acids is 3. The van der Waals surface area contributed by atoms with Gasteiger partial charge in [-0.25, -0.2) is 4.79 Å². The molecule has 126 valence electrons. The molecule has 0 aromatic heterocycles. The summed E-state index contributed by atoms with van der Waals surface area (Å²) in [6.45, 7) is 0. The maximum absolute atomic E-state index is 12.9. The highest BCUT2D eigenvalue weighted by Crippen LogP contribution is 2.60. The molecule has 24 heavy (non-hydrogen) atoms. The molecule has 1 aromatic carbocycles. The van der Waals surface area contributed by atoms with Gasteiger partial charge in [0.25, 0.3) is 0 Å². The van der Waals surface area contributed by atoms with Gasteiger partial charge in [-0.1, -0.05) is 31.9 Å². The fourth-order valence-corrected chi connectivity index (χ4v) is 6.34. The first-order valence-electron chi connectivity index (χ1n) is 7.80. The number of esters is 1. The van der Waals surface area contributed by atoms with E-state index >= 15 is 0 Å². The smallest absolute Gasteiger partial charge is 0.337 e. The van der Waals surface area contributed by atoms with Gasteiger partial charge >= 0.3 is 5.97 Å². The molecule has 1 heterocycles. The van der Waals surface area contributed by atoms with E-state index in [1.54, 1.807) is 24.3 Å². The number of halogens is 2. The van der Waals surface area contributed by atoms with Crippen LogP contribution >= 0.6 is 31.9 Å². The zero-order valence-electron chi connectivity index (χ0n) is 12.8. The summed E-state index contributed by atoms with van der Waals surface area (Å²) in [6.07, 6.45) is 0.910. The van der Waals surface area contributed by atoms with Gasteiger partial charge in [0, 0.05) is 9.65 Å². The lowest BCUT2D eigenvalue weighted by molar-refractivity contribution is -0.123. The van der Waals surface area contributed by atoms with Gasteiger partial charge in [-0.3, -0.25) is 14.5 Å². The molecule has 1 saturated heterocycles. The van der Waals surface area contributed by atoms with Crippen molar-refractivity contribution in [2.24, 2.45) is 23.7 Å². The molecular weight excluding hydrogens is 442 g/mol. The summed E-state index contributed by atoms with van der Waals surface area (Å²) < 4.78 is 4.67. The zero-order valence-corrected chi connectivity index (χ0v) is 16.0. The average Bonchev–Trinajstić information content (AvgIpc) is 3.19. The van der Waals surface area contributed by atoms with E-state index in [9.17, 15) is 14.4 Å². The molecule has 6 unspecified atom stereocenters. The van der Waals surface area contributed by atoms with E-state index in [0.29, 0.717) is 11.3 Å². The van der Waals surface area contributed by atoms with Crippen LogP contribution in [0.15, 0.2) is 24.3 Å². The molecule has 2 amide bonds. The van der Waals surface area contributed by atoms with Gasteiger partial charge in [-0.2, -0.15) is 0 Å². The molecule has 2 aliphatic carbocycles. The number of fused-ring (bicyclic) bond motifs is 5. The maximum Gasteiger partial charge on any atom is 0.337 e. The van der Waals surface area contributed by atoms with Gasteiger partial charge in [0.15, 0.2) is 0 Å². The highest BCUT2D eigenvalue weighted by atomic mass is 79.9. The van der Waals surface area contributed by atoms with Crippen molar-refractivity contribution < 1.29 is 19.1 Å². The number of hydrogen-bond acceptors (Lipinski definition) is 4. The van der Waals surface area contributed by atoms with E-state index in [0.717, 1.165) is 6.42 Å². The standard InChI is InChI=1S/C17H15Br2NO4/c1-24-17(23)7-2-4-8(5-3-7)20-15(21)11-9-6-10(12(11)16(20)22)14(19)13(9)18/h2-5,9-14H,6H2,1H3. The van der Waals surface area contributed by atoms with Crippen LogP contribution in [-0.2, 0) is 14.3 Å². The second-order valence-electron chi connectivity index (χ2n) is 6.55. The normalized spacial score (nSPS) is 37.0. The summed E-state index contributed by atoms with van der Waals surface area (Å²) >= 11 is 7.35. The molecule has 3 fully saturated rings. The fraction of sp³-hybridized carbons (Fsp3) is 0.471. The summed E-state index contributed by atoms with van der Waals surface area (Å²) in [5.41, 5.74) is 0.908. The predicted octanol–water partition coefficient (Wildman–Crippen LogP) is 2.76. The Morgan fingerprint density at radius 1 is 1.04 bits per heavy atom. The molecule has 7 heteroatoms. The van der Waals surface area contributed by atoms with Crippen LogP contribution in [0.1, 0.15) is 16.8 Å². The Morgan fingerprint density at radius 3 is 2.00 bits per heavy atom. The minimum atomic E-state index is -0.445. The van der Waals surface area contributed by atoms with E-state index in [-0.39, 0.29) is 45.1 Å². The second-order valence-corrected chi connectivity index (χ2v) is 8.67. The summed E-state index contributed by atoms with van der Waals surface area (Å²) in [6, 6.07) is 6.40. The molecule has 0 radical (unpaired) electrons. The summed E-state index contributed by atoms with van der Waals surface area (Å²) in [5.74, 6) is -0.763. The lowest BCUT2D eigenvalue weighted by atomic mass is 9.81. The van der Waals surface area contributed by atoms with E-state index in [4.69, 9.17) is 0 Å². The second kappa shape index (κ2) is 5.66. The van der Waals surface area contributed by atoms with Crippen LogP contribution in [-0.4, -0.2) is 34.5 Å². The van der Waals surface area contributed by atoms with Crippen LogP contribution in [0.25, 0.3) is 0 Å². The number of methoxy groups -OCH3 is 1. The molecule has 1 aromatic rings. The number of ether oxygens (including phenoxy) is 1. The predicted molar refractivity (Wildman–Crippen MR) is 94.3 cm³/mol. The van der Waals surface area contributed by atoms with Crippen LogP contribution in [0.5, 0.6) is 0 Å². The Labute approximate surface area is 156 Å². The van der Waals surface area contributed by atoms with Gasteiger partial charge in [0.2, 0.25) is 11.8 Å². The first-order chi connectivity index (χ1) is 11.5. The van der Waals surface area contributed by atoms with Gasteiger partial charge < -0.3 is 4.74 Å². The monoisotopic (exact) mass is 455 g/mol. The Kier molecular flexibility index (Phi) is 3.84. The zero-order chi connectivity index (χ0) is 17.2. The molecule has 1 aliphatic heterocycles. The largest absolute Gasteiger partial charge is 0.465 e.